The standard InChI is InChI=1S/C21H22N4O3/c1-14-17(21(26)25-8-4-6-15-5-2-3-7-16(15)25)18-19(22-13-23-20(18)28-14)24-9-11-27-12-10-24/h2-3,5,7,13H,4,6,8-12H2,1H3. The highest BCUT2D eigenvalue weighted by atomic mass is 16.5. The number of hydrogen-bond acceptors (Lipinski definition) is 6. The first-order valence-corrected chi connectivity index (χ1v) is 9.70. The normalized spacial score (nSPS) is 17.0. The van der Waals surface area contributed by atoms with Crippen LogP contribution in [-0.4, -0.2) is 48.7 Å². The Hall–Kier alpha value is -2.93. The van der Waals surface area contributed by atoms with Crippen LogP contribution in [-0.2, 0) is 11.2 Å². The van der Waals surface area contributed by atoms with Crippen LogP contribution in [0, 0.1) is 6.92 Å². The zero-order valence-electron chi connectivity index (χ0n) is 15.9. The summed E-state index contributed by atoms with van der Waals surface area (Å²) in [6.07, 6.45) is 3.44. The fourth-order valence-electron chi connectivity index (χ4n) is 4.18. The van der Waals surface area contributed by atoms with Crippen LogP contribution in [0.5, 0.6) is 0 Å². The van der Waals surface area contributed by atoms with E-state index in [4.69, 9.17) is 9.15 Å². The van der Waals surface area contributed by atoms with Crippen molar-refractivity contribution in [2.75, 3.05) is 42.6 Å². The average Bonchev–Trinajstić information content (AvgIpc) is 3.09. The van der Waals surface area contributed by atoms with E-state index in [9.17, 15) is 4.79 Å². The second-order valence-corrected chi connectivity index (χ2v) is 7.20. The number of hydrogen-bond donors (Lipinski definition) is 0. The maximum atomic E-state index is 13.7. The van der Waals surface area contributed by atoms with Crippen LogP contribution >= 0.6 is 0 Å². The van der Waals surface area contributed by atoms with Gasteiger partial charge in [-0.3, -0.25) is 4.79 Å². The van der Waals surface area contributed by atoms with E-state index >= 15 is 0 Å². The van der Waals surface area contributed by atoms with E-state index in [2.05, 4.69) is 20.9 Å². The molecule has 0 unspecified atom stereocenters. The predicted molar refractivity (Wildman–Crippen MR) is 106 cm³/mol. The largest absolute Gasteiger partial charge is 0.442 e. The summed E-state index contributed by atoms with van der Waals surface area (Å²) in [5.41, 5.74) is 3.21. The van der Waals surface area contributed by atoms with Gasteiger partial charge in [0.15, 0.2) is 0 Å². The molecule has 1 fully saturated rings. The summed E-state index contributed by atoms with van der Waals surface area (Å²) in [6.45, 7) is 5.28. The van der Waals surface area contributed by atoms with Crippen molar-refractivity contribution in [1.29, 1.82) is 0 Å². The van der Waals surface area contributed by atoms with Crippen LogP contribution in [0.4, 0.5) is 11.5 Å². The molecule has 4 heterocycles. The third-order valence-electron chi connectivity index (χ3n) is 5.52. The number of rotatable bonds is 2. The number of aryl methyl sites for hydroxylation is 2. The van der Waals surface area contributed by atoms with Crippen molar-refractivity contribution in [3.63, 3.8) is 0 Å². The minimum Gasteiger partial charge on any atom is -0.442 e. The first-order chi connectivity index (χ1) is 13.7. The van der Waals surface area contributed by atoms with E-state index in [1.165, 1.54) is 11.9 Å². The molecule has 2 aliphatic rings. The summed E-state index contributed by atoms with van der Waals surface area (Å²) in [7, 11) is 0. The Morgan fingerprint density at radius 1 is 1.11 bits per heavy atom. The summed E-state index contributed by atoms with van der Waals surface area (Å²) in [4.78, 5) is 26.5. The highest BCUT2D eigenvalue weighted by Gasteiger charge is 2.31. The molecule has 0 aliphatic carbocycles. The lowest BCUT2D eigenvalue weighted by Gasteiger charge is -2.30. The zero-order chi connectivity index (χ0) is 19.1. The molecule has 0 bridgehead atoms. The smallest absolute Gasteiger partial charge is 0.262 e. The predicted octanol–water partition coefficient (Wildman–Crippen LogP) is 2.96. The van der Waals surface area contributed by atoms with Crippen molar-refractivity contribution in [3.05, 3.63) is 47.5 Å². The van der Waals surface area contributed by atoms with Crippen molar-refractivity contribution < 1.29 is 13.9 Å². The number of fused-ring (bicyclic) bond motifs is 2. The zero-order valence-corrected chi connectivity index (χ0v) is 15.9. The van der Waals surface area contributed by atoms with Gasteiger partial charge in [0.1, 0.15) is 17.9 Å². The highest BCUT2D eigenvalue weighted by Crippen LogP contribution is 2.35. The Bertz CT molecular complexity index is 1040. The van der Waals surface area contributed by atoms with E-state index < -0.39 is 0 Å². The number of carbonyl (C=O) groups excluding carboxylic acids is 1. The molecule has 0 saturated carbocycles. The molecule has 7 heteroatoms. The minimum atomic E-state index is -0.0484. The second kappa shape index (κ2) is 6.91. The fourth-order valence-corrected chi connectivity index (χ4v) is 4.18. The van der Waals surface area contributed by atoms with Crippen LogP contribution in [0.3, 0.4) is 0 Å². The Kier molecular flexibility index (Phi) is 4.24. The van der Waals surface area contributed by atoms with Crippen LogP contribution in [0.2, 0.25) is 0 Å². The number of furan rings is 1. The molecule has 0 N–H and O–H groups in total. The molecule has 1 saturated heterocycles. The SMILES string of the molecule is Cc1oc2ncnc(N3CCOCC3)c2c1C(=O)N1CCCc2ccccc21. The molecule has 0 spiro atoms. The quantitative estimate of drug-likeness (QED) is 0.683. The molecule has 28 heavy (non-hydrogen) atoms. The first kappa shape index (κ1) is 17.2. The van der Waals surface area contributed by atoms with Gasteiger partial charge in [-0.05, 0) is 31.4 Å². The van der Waals surface area contributed by atoms with Gasteiger partial charge in [-0.15, -0.1) is 0 Å². The number of nitrogens with zero attached hydrogens (tertiary/aromatic N) is 4. The van der Waals surface area contributed by atoms with Crippen LogP contribution < -0.4 is 9.80 Å². The maximum Gasteiger partial charge on any atom is 0.262 e. The number of morpholine rings is 1. The van der Waals surface area contributed by atoms with E-state index in [-0.39, 0.29) is 5.91 Å². The van der Waals surface area contributed by atoms with E-state index in [1.807, 2.05) is 30.0 Å². The van der Waals surface area contributed by atoms with Crippen molar-refractivity contribution in [1.82, 2.24) is 9.97 Å². The van der Waals surface area contributed by atoms with Crippen LogP contribution in [0.25, 0.3) is 11.1 Å². The average molecular weight is 378 g/mol. The molecule has 3 aromatic rings. The Morgan fingerprint density at radius 2 is 1.93 bits per heavy atom. The monoisotopic (exact) mass is 378 g/mol. The van der Waals surface area contributed by atoms with Gasteiger partial charge in [0, 0.05) is 25.3 Å². The van der Waals surface area contributed by atoms with Gasteiger partial charge in [0.25, 0.3) is 5.91 Å². The summed E-state index contributed by atoms with van der Waals surface area (Å²) >= 11 is 0. The molecule has 0 atom stereocenters. The van der Waals surface area contributed by atoms with Gasteiger partial charge in [-0.25, -0.2) is 9.97 Å². The van der Waals surface area contributed by atoms with E-state index in [0.29, 0.717) is 42.2 Å². The summed E-state index contributed by atoms with van der Waals surface area (Å²) < 4.78 is 11.3. The maximum absolute atomic E-state index is 13.7. The number of aromatic nitrogens is 2. The second-order valence-electron chi connectivity index (χ2n) is 7.20. The van der Waals surface area contributed by atoms with Crippen molar-refractivity contribution in [2.24, 2.45) is 0 Å². The van der Waals surface area contributed by atoms with Gasteiger partial charge in [0.05, 0.1) is 24.2 Å². The Morgan fingerprint density at radius 3 is 2.79 bits per heavy atom. The number of ether oxygens (including phenoxy) is 1. The molecule has 7 nitrogen and oxygen atoms in total. The highest BCUT2D eigenvalue weighted by molar-refractivity contribution is 6.16. The van der Waals surface area contributed by atoms with Gasteiger partial charge >= 0.3 is 0 Å². The van der Waals surface area contributed by atoms with E-state index in [0.717, 1.165) is 37.4 Å². The topological polar surface area (TPSA) is 71.7 Å². The first-order valence-electron chi connectivity index (χ1n) is 9.70. The van der Waals surface area contributed by atoms with Gasteiger partial charge in [0.2, 0.25) is 5.71 Å². The van der Waals surface area contributed by atoms with Gasteiger partial charge in [-0.2, -0.15) is 0 Å². The molecule has 2 aromatic heterocycles. The number of anilines is 2. The van der Waals surface area contributed by atoms with Crippen LogP contribution in [0.1, 0.15) is 28.1 Å². The lowest BCUT2D eigenvalue weighted by molar-refractivity contribution is 0.0985. The van der Waals surface area contributed by atoms with Gasteiger partial charge in [-0.1, -0.05) is 18.2 Å². The molecular weight excluding hydrogens is 356 g/mol. The molecular formula is C21H22N4O3. The third kappa shape index (κ3) is 2.74. The van der Waals surface area contributed by atoms with Gasteiger partial charge < -0.3 is 19.0 Å². The molecule has 0 radical (unpaired) electrons. The summed E-state index contributed by atoms with van der Waals surface area (Å²) in [6, 6.07) is 8.11. The molecule has 144 valence electrons. The number of benzene rings is 1. The minimum absolute atomic E-state index is 0.0484. The van der Waals surface area contributed by atoms with E-state index in [1.54, 1.807) is 0 Å². The number of carbonyl (C=O) groups is 1. The fraction of sp³-hybridized carbons (Fsp3) is 0.381. The molecule has 2 aliphatic heterocycles. The van der Waals surface area contributed by atoms with Crippen molar-refractivity contribution in [2.45, 2.75) is 19.8 Å². The number of para-hydroxylation sites is 1. The lowest BCUT2D eigenvalue weighted by atomic mass is 10.0. The molecule has 1 amide bonds. The van der Waals surface area contributed by atoms with Crippen LogP contribution in [0.15, 0.2) is 35.0 Å². The Labute approximate surface area is 162 Å². The van der Waals surface area contributed by atoms with Crippen molar-refractivity contribution in [3.8, 4) is 0 Å². The third-order valence-corrected chi connectivity index (χ3v) is 5.52. The van der Waals surface area contributed by atoms with Crippen molar-refractivity contribution >= 4 is 28.5 Å². The Balaban J connectivity index is 1.63. The lowest BCUT2D eigenvalue weighted by Crippen LogP contribution is -2.38. The molecule has 5 rings (SSSR count). The summed E-state index contributed by atoms with van der Waals surface area (Å²) in [5, 5.41) is 0.704. The number of amides is 1. The molecule has 1 aromatic carbocycles. The summed E-state index contributed by atoms with van der Waals surface area (Å²) in [5.74, 6) is 1.28.